The number of nitrogens with zero attached hydrogens (tertiary/aromatic N) is 1. The Hall–Kier alpha value is -1.53. The van der Waals surface area contributed by atoms with Gasteiger partial charge in [0.1, 0.15) is 30.5 Å². The smallest absolute Gasteiger partial charge is 0.308 e. The van der Waals surface area contributed by atoms with Crippen LogP contribution in [-0.4, -0.2) is 159 Å². The molecule has 3 aliphatic rings. The van der Waals surface area contributed by atoms with Crippen molar-refractivity contribution in [2.75, 3.05) is 47.4 Å². The summed E-state index contributed by atoms with van der Waals surface area (Å²) < 4.78 is 49.0. The average molecular weight is 834 g/mol. The van der Waals surface area contributed by atoms with Crippen molar-refractivity contribution in [3.8, 4) is 0 Å². The second-order valence-corrected chi connectivity index (χ2v) is 16.7. The topological polar surface area (TPSA) is 172 Å². The molecule has 3 heterocycles. The lowest BCUT2D eigenvalue weighted by molar-refractivity contribution is -0.312. The number of ether oxygens (including phenoxy) is 8. The molecular formula is C42H72ClNO13. The van der Waals surface area contributed by atoms with E-state index in [1.54, 1.807) is 26.0 Å². The predicted molar refractivity (Wildman–Crippen MR) is 215 cm³/mol. The molecular weight excluding hydrogens is 762 g/mol. The third-order valence-electron chi connectivity index (χ3n) is 11.7. The van der Waals surface area contributed by atoms with E-state index in [1.165, 1.54) is 14.2 Å². The molecule has 2 saturated heterocycles. The van der Waals surface area contributed by atoms with Crippen molar-refractivity contribution < 1.29 is 62.8 Å². The molecule has 0 aromatic carbocycles. The molecule has 0 aliphatic carbocycles. The molecule has 0 spiro atoms. The number of alkyl halides is 1. The van der Waals surface area contributed by atoms with Crippen LogP contribution in [0.3, 0.4) is 0 Å². The van der Waals surface area contributed by atoms with Crippen molar-refractivity contribution in [1.82, 2.24) is 4.90 Å². The number of aliphatic hydroxyl groups is 3. The molecule has 330 valence electrons. The highest BCUT2D eigenvalue weighted by atomic mass is 35.5. The third-order valence-corrected chi connectivity index (χ3v) is 11.9. The first kappa shape index (κ1) is 49.8. The number of ketones is 1. The SMILES string of the molecule is CCCO[C@H]1[C@H](O[C@H]2[C@@H](CCCl)C[C@@H](C)C(=O)/C=C/C(C)=C/[C@H](CO[C@@H]3O[C@H](C)[C@@H](O)[C@@H](OC)[C@H]3OC)[C@@H](CC)OC(=O)C[C@@H](O)[C@@H]2C)O[C@H](C)[C@@H](O)[C@@H]1N(C)C. The summed E-state index contributed by atoms with van der Waals surface area (Å²) in [6, 6.07) is -0.454. The monoisotopic (exact) mass is 833 g/mol. The van der Waals surface area contributed by atoms with E-state index in [4.69, 9.17) is 49.5 Å². The molecule has 2 fully saturated rings. The number of likely N-dealkylation sites (N-methyl/N-ethyl adjacent to an activating group) is 1. The van der Waals surface area contributed by atoms with E-state index in [1.807, 2.05) is 59.7 Å². The number of hydrogen-bond donors (Lipinski definition) is 3. The number of hydrogen-bond acceptors (Lipinski definition) is 14. The fraction of sp³-hybridized carbons (Fsp3) is 0.857. The third kappa shape index (κ3) is 13.5. The van der Waals surface area contributed by atoms with Crippen LogP contribution in [0.2, 0.25) is 0 Å². The molecule has 0 bridgehead atoms. The molecule has 0 saturated carbocycles. The molecule has 17 atom stereocenters. The first-order chi connectivity index (χ1) is 27.0. The summed E-state index contributed by atoms with van der Waals surface area (Å²) >= 11 is 6.40. The molecule has 0 aromatic heterocycles. The first-order valence-electron chi connectivity index (χ1n) is 20.6. The van der Waals surface area contributed by atoms with E-state index >= 15 is 0 Å². The van der Waals surface area contributed by atoms with Gasteiger partial charge in [0.05, 0.1) is 49.6 Å². The normalized spacial score (nSPS) is 42.0. The lowest BCUT2D eigenvalue weighted by Gasteiger charge is -2.48. The van der Waals surface area contributed by atoms with E-state index in [2.05, 4.69) is 0 Å². The maximum Gasteiger partial charge on any atom is 0.308 e. The molecule has 3 rings (SSSR count). The molecule has 3 N–H and O–H groups in total. The summed E-state index contributed by atoms with van der Waals surface area (Å²) in [6.45, 7) is 13.4. The van der Waals surface area contributed by atoms with E-state index in [-0.39, 0.29) is 30.6 Å². The first-order valence-corrected chi connectivity index (χ1v) is 21.2. The summed E-state index contributed by atoms with van der Waals surface area (Å²) in [7, 11) is 6.71. The Morgan fingerprint density at radius 1 is 0.877 bits per heavy atom. The van der Waals surface area contributed by atoms with E-state index in [0.717, 1.165) is 12.0 Å². The van der Waals surface area contributed by atoms with Crippen LogP contribution in [0.1, 0.15) is 80.6 Å². The van der Waals surface area contributed by atoms with Gasteiger partial charge in [0, 0.05) is 44.5 Å². The van der Waals surface area contributed by atoms with Crippen LogP contribution in [0, 0.1) is 23.7 Å². The summed E-state index contributed by atoms with van der Waals surface area (Å²) in [6.07, 6.45) is -2.62. The number of aliphatic hydroxyl groups excluding tert-OH is 3. The van der Waals surface area contributed by atoms with E-state index in [0.29, 0.717) is 25.9 Å². The zero-order valence-electron chi connectivity index (χ0n) is 36.0. The second kappa shape index (κ2) is 24.0. The Morgan fingerprint density at radius 2 is 1.53 bits per heavy atom. The standard InChI is InChI=1S/C42H72ClNO13/c1-12-18-52-38-34(44(8)9)35(48)26(6)55-42(38)57-37-25(5)31(46)21-33(47)56-32(13-2)29(19-23(3)14-15-30(45)24(4)20-28(37)16-17-43)22-53-41-40(51-11)39(50-10)36(49)27(7)54-41/h14-15,19,24-29,31-32,34-42,46,48-49H,12-13,16-18,20-22H2,1-11H3/b15-14+,23-19+/t24-,25+,26-,27-,28+,29-,31-,32-,34+,35-,36-,37-,38-,39-,40-,41-,42+/m1/s1. The number of cyclic esters (lactones) is 1. The van der Waals surface area contributed by atoms with Crippen LogP contribution in [0.5, 0.6) is 0 Å². The molecule has 0 aromatic rings. The number of rotatable bonds is 14. The highest BCUT2D eigenvalue weighted by molar-refractivity contribution is 6.17. The number of allylic oxidation sites excluding steroid dienone is 3. The summed E-state index contributed by atoms with van der Waals surface area (Å²) in [4.78, 5) is 29.3. The lowest BCUT2D eigenvalue weighted by atomic mass is 9.79. The van der Waals surface area contributed by atoms with Gasteiger partial charge >= 0.3 is 5.97 Å². The van der Waals surface area contributed by atoms with Gasteiger partial charge in [-0.3, -0.25) is 9.59 Å². The predicted octanol–water partition coefficient (Wildman–Crippen LogP) is 4.04. The highest BCUT2D eigenvalue weighted by Crippen LogP contribution is 2.36. The highest BCUT2D eigenvalue weighted by Gasteiger charge is 2.49. The zero-order chi connectivity index (χ0) is 42.6. The number of carbonyl (C=O) groups is 2. The quantitative estimate of drug-likeness (QED) is 0.169. The summed E-state index contributed by atoms with van der Waals surface area (Å²) in [5, 5.41) is 33.6. The Labute approximate surface area is 345 Å². The van der Waals surface area contributed by atoms with Gasteiger partial charge in [-0.25, -0.2) is 0 Å². The maximum atomic E-state index is 13.7. The lowest BCUT2D eigenvalue weighted by Crippen LogP contribution is -2.64. The summed E-state index contributed by atoms with van der Waals surface area (Å²) in [5.74, 6) is -2.31. The van der Waals surface area contributed by atoms with Gasteiger partial charge in [0.15, 0.2) is 18.4 Å². The van der Waals surface area contributed by atoms with Gasteiger partial charge in [0.2, 0.25) is 0 Å². The van der Waals surface area contributed by atoms with Crippen LogP contribution in [0.4, 0.5) is 0 Å². The molecule has 14 nitrogen and oxygen atoms in total. The van der Waals surface area contributed by atoms with Gasteiger partial charge in [-0.2, -0.15) is 0 Å². The molecule has 15 heteroatoms. The Balaban J connectivity index is 1.99. The molecule has 57 heavy (non-hydrogen) atoms. The van der Waals surface area contributed by atoms with Gasteiger partial charge in [-0.1, -0.05) is 45.4 Å². The average Bonchev–Trinajstić information content (AvgIpc) is 3.17. The van der Waals surface area contributed by atoms with Crippen molar-refractivity contribution in [3.63, 3.8) is 0 Å². The Morgan fingerprint density at radius 3 is 2.12 bits per heavy atom. The molecule has 0 unspecified atom stereocenters. The minimum Gasteiger partial charge on any atom is -0.462 e. The van der Waals surface area contributed by atoms with Gasteiger partial charge in [0.25, 0.3) is 0 Å². The van der Waals surface area contributed by atoms with Crippen LogP contribution in [0.15, 0.2) is 23.8 Å². The van der Waals surface area contributed by atoms with Crippen molar-refractivity contribution in [2.45, 2.75) is 160 Å². The zero-order valence-corrected chi connectivity index (χ0v) is 36.7. The number of halogens is 1. The Bertz CT molecular complexity index is 1290. The van der Waals surface area contributed by atoms with E-state index < -0.39 is 103 Å². The minimum absolute atomic E-state index is 0.0454. The maximum absolute atomic E-state index is 13.7. The number of carbonyl (C=O) groups excluding carboxylic acids is 2. The number of methoxy groups -OCH3 is 2. The van der Waals surface area contributed by atoms with Gasteiger partial charge < -0.3 is 58.1 Å². The van der Waals surface area contributed by atoms with Crippen LogP contribution in [-0.2, 0) is 47.5 Å². The van der Waals surface area contributed by atoms with Gasteiger partial charge in [-0.05, 0) is 72.5 Å². The van der Waals surface area contributed by atoms with Crippen molar-refractivity contribution >= 4 is 23.4 Å². The van der Waals surface area contributed by atoms with Crippen LogP contribution >= 0.6 is 11.6 Å². The molecule has 3 aliphatic heterocycles. The Kier molecular flexibility index (Phi) is 21.0. The van der Waals surface area contributed by atoms with Crippen molar-refractivity contribution in [2.24, 2.45) is 23.7 Å². The van der Waals surface area contributed by atoms with Crippen molar-refractivity contribution in [1.29, 1.82) is 0 Å². The molecule has 0 amide bonds. The second-order valence-electron chi connectivity index (χ2n) is 16.3. The fourth-order valence-corrected chi connectivity index (χ4v) is 8.51. The van der Waals surface area contributed by atoms with Crippen LogP contribution in [0.25, 0.3) is 0 Å². The van der Waals surface area contributed by atoms with Crippen molar-refractivity contribution in [3.05, 3.63) is 23.8 Å². The largest absolute Gasteiger partial charge is 0.462 e. The van der Waals surface area contributed by atoms with Gasteiger partial charge in [-0.15, -0.1) is 11.6 Å². The summed E-state index contributed by atoms with van der Waals surface area (Å²) in [5.41, 5.74) is 0.753. The number of esters is 1. The van der Waals surface area contributed by atoms with E-state index in [9.17, 15) is 24.9 Å². The fourth-order valence-electron chi connectivity index (χ4n) is 8.23. The minimum atomic E-state index is -1.20. The molecule has 0 radical (unpaired) electrons. The van der Waals surface area contributed by atoms with Crippen LogP contribution < -0.4 is 0 Å².